The second-order valence-electron chi connectivity index (χ2n) is 4.15. The second kappa shape index (κ2) is 6.29. The van der Waals surface area contributed by atoms with Crippen LogP contribution in [0, 0.1) is 0 Å². The molecule has 5 nitrogen and oxygen atoms in total. The van der Waals surface area contributed by atoms with Crippen molar-refractivity contribution in [1.29, 1.82) is 0 Å². The number of hydrogen-bond donors (Lipinski definition) is 2. The maximum atomic E-state index is 12.0. The minimum absolute atomic E-state index is 0.258. The van der Waals surface area contributed by atoms with E-state index in [1.54, 1.807) is 6.20 Å². The zero-order valence-electron chi connectivity index (χ0n) is 10.8. The predicted octanol–water partition coefficient (Wildman–Crippen LogP) is 2.28. The van der Waals surface area contributed by atoms with E-state index in [1.807, 2.05) is 0 Å². The Morgan fingerprint density at radius 3 is 2.57 bits per heavy atom. The van der Waals surface area contributed by atoms with E-state index < -0.39 is 6.36 Å². The van der Waals surface area contributed by atoms with Crippen LogP contribution in [0.5, 0.6) is 5.75 Å². The highest BCUT2D eigenvalue weighted by Crippen LogP contribution is 2.22. The minimum atomic E-state index is -4.74. The van der Waals surface area contributed by atoms with Crippen molar-refractivity contribution in [2.24, 2.45) is 0 Å². The lowest BCUT2D eigenvalue weighted by Gasteiger charge is -2.09. The van der Waals surface area contributed by atoms with E-state index >= 15 is 0 Å². The first-order valence-electron chi connectivity index (χ1n) is 6.05. The molecule has 2 rings (SSSR count). The number of benzene rings is 1. The molecule has 0 unspecified atom stereocenters. The number of nitrogens with zero attached hydrogens (tertiary/aromatic N) is 1. The molecule has 0 aliphatic rings. The molecule has 2 N–H and O–H groups in total. The van der Waals surface area contributed by atoms with E-state index in [4.69, 9.17) is 0 Å². The van der Waals surface area contributed by atoms with Crippen molar-refractivity contribution in [2.45, 2.75) is 12.8 Å². The van der Waals surface area contributed by atoms with Crippen molar-refractivity contribution in [3.63, 3.8) is 0 Å². The molecular formula is C13H12F3N3O2. The summed E-state index contributed by atoms with van der Waals surface area (Å²) >= 11 is 0. The summed E-state index contributed by atoms with van der Waals surface area (Å²) in [4.78, 5) is 18.5. The van der Waals surface area contributed by atoms with Crippen LogP contribution in [0.15, 0.2) is 36.8 Å². The number of amides is 1. The average Bonchev–Trinajstić information content (AvgIpc) is 2.91. The summed E-state index contributed by atoms with van der Waals surface area (Å²) in [6, 6.07) is 4.73. The number of carbonyl (C=O) groups excluding carboxylic acids is 1. The van der Waals surface area contributed by atoms with Crippen LogP contribution in [0.25, 0.3) is 0 Å². The normalized spacial score (nSPS) is 11.2. The van der Waals surface area contributed by atoms with Crippen molar-refractivity contribution in [3.8, 4) is 5.75 Å². The molecule has 21 heavy (non-hydrogen) atoms. The molecule has 0 atom stereocenters. The Kier molecular flexibility index (Phi) is 4.46. The fourth-order valence-corrected chi connectivity index (χ4v) is 1.64. The Balaban J connectivity index is 1.85. The molecule has 0 aliphatic heterocycles. The number of aromatic nitrogens is 2. The number of aromatic amines is 1. The van der Waals surface area contributed by atoms with E-state index in [0.29, 0.717) is 13.0 Å². The zero-order valence-corrected chi connectivity index (χ0v) is 10.8. The van der Waals surface area contributed by atoms with Gasteiger partial charge in [-0.3, -0.25) is 4.79 Å². The molecular weight excluding hydrogens is 287 g/mol. The fraction of sp³-hybridized carbons (Fsp3) is 0.231. The predicted molar refractivity (Wildman–Crippen MR) is 67.7 cm³/mol. The highest BCUT2D eigenvalue weighted by Gasteiger charge is 2.31. The molecule has 0 saturated heterocycles. The summed E-state index contributed by atoms with van der Waals surface area (Å²) in [6.07, 6.45) is -0.971. The Morgan fingerprint density at radius 1 is 1.29 bits per heavy atom. The van der Waals surface area contributed by atoms with Gasteiger partial charge < -0.3 is 15.0 Å². The third-order valence-corrected chi connectivity index (χ3v) is 2.58. The van der Waals surface area contributed by atoms with Crippen LogP contribution in [0.3, 0.4) is 0 Å². The number of halogens is 3. The third kappa shape index (κ3) is 4.83. The molecule has 0 saturated carbocycles. The smallest absolute Gasteiger partial charge is 0.406 e. The lowest BCUT2D eigenvalue weighted by atomic mass is 10.2. The van der Waals surface area contributed by atoms with Gasteiger partial charge in [0.2, 0.25) is 0 Å². The summed E-state index contributed by atoms with van der Waals surface area (Å²) in [5, 5.41) is 2.66. The molecule has 0 spiro atoms. The molecule has 112 valence electrons. The Labute approximate surface area is 118 Å². The maximum Gasteiger partial charge on any atom is 0.573 e. The highest BCUT2D eigenvalue weighted by molar-refractivity contribution is 5.94. The van der Waals surface area contributed by atoms with Gasteiger partial charge in [0.1, 0.15) is 5.75 Å². The van der Waals surface area contributed by atoms with E-state index in [-0.39, 0.29) is 17.2 Å². The van der Waals surface area contributed by atoms with Crippen LogP contribution in [-0.2, 0) is 6.42 Å². The summed E-state index contributed by atoms with van der Waals surface area (Å²) < 4.78 is 39.7. The fourth-order valence-electron chi connectivity index (χ4n) is 1.64. The molecule has 1 heterocycles. The van der Waals surface area contributed by atoms with Crippen LogP contribution in [0.4, 0.5) is 13.2 Å². The SMILES string of the molecule is O=C(NCCc1cnc[nH]1)c1ccc(OC(F)(F)F)cc1. The van der Waals surface area contributed by atoms with Crippen LogP contribution in [-0.4, -0.2) is 28.8 Å². The molecule has 0 radical (unpaired) electrons. The number of carbonyl (C=O) groups is 1. The zero-order chi connectivity index (χ0) is 15.3. The number of rotatable bonds is 5. The molecule has 0 fully saturated rings. The first kappa shape index (κ1) is 14.9. The summed E-state index contributed by atoms with van der Waals surface area (Å²) in [7, 11) is 0. The van der Waals surface area contributed by atoms with Gasteiger partial charge in [0, 0.05) is 30.4 Å². The van der Waals surface area contributed by atoms with E-state index in [9.17, 15) is 18.0 Å². The number of imidazole rings is 1. The van der Waals surface area contributed by atoms with E-state index in [2.05, 4.69) is 20.0 Å². The third-order valence-electron chi connectivity index (χ3n) is 2.58. The molecule has 2 aromatic rings. The van der Waals surface area contributed by atoms with Gasteiger partial charge in [-0.15, -0.1) is 13.2 Å². The summed E-state index contributed by atoms with van der Waals surface area (Å²) in [6.45, 7) is 0.391. The largest absolute Gasteiger partial charge is 0.573 e. The molecule has 8 heteroatoms. The van der Waals surface area contributed by atoms with Crippen LogP contribution in [0.1, 0.15) is 16.1 Å². The standard InChI is InChI=1S/C13H12F3N3O2/c14-13(15,16)21-11-3-1-9(2-4-11)12(20)18-6-5-10-7-17-8-19-10/h1-4,7-8H,5-6H2,(H,17,19)(H,18,20). The van der Waals surface area contributed by atoms with Gasteiger partial charge >= 0.3 is 6.36 Å². The van der Waals surface area contributed by atoms with Gasteiger partial charge in [-0.2, -0.15) is 0 Å². The summed E-state index contributed by atoms with van der Waals surface area (Å²) in [5.74, 6) is -0.732. The number of hydrogen-bond acceptors (Lipinski definition) is 3. The van der Waals surface area contributed by atoms with E-state index in [1.165, 1.54) is 18.5 Å². The monoisotopic (exact) mass is 299 g/mol. The van der Waals surface area contributed by atoms with Crippen molar-refractivity contribution in [2.75, 3.05) is 6.54 Å². The molecule has 1 aromatic carbocycles. The van der Waals surface area contributed by atoms with Gasteiger partial charge in [-0.05, 0) is 24.3 Å². The highest BCUT2D eigenvalue weighted by atomic mass is 19.4. The molecule has 0 bridgehead atoms. The van der Waals surface area contributed by atoms with Crippen molar-refractivity contribution in [3.05, 3.63) is 48.0 Å². The topological polar surface area (TPSA) is 67.0 Å². The summed E-state index contributed by atoms with van der Waals surface area (Å²) in [5.41, 5.74) is 1.14. The van der Waals surface area contributed by atoms with Crippen molar-refractivity contribution in [1.82, 2.24) is 15.3 Å². The van der Waals surface area contributed by atoms with Crippen LogP contribution >= 0.6 is 0 Å². The average molecular weight is 299 g/mol. The molecule has 0 aliphatic carbocycles. The van der Waals surface area contributed by atoms with Gasteiger partial charge in [0.05, 0.1) is 6.33 Å². The van der Waals surface area contributed by atoms with E-state index in [0.717, 1.165) is 17.8 Å². The first-order chi connectivity index (χ1) is 9.94. The molecule has 1 aromatic heterocycles. The van der Waals surface area contributed by atoms with Gasteiger partial charge in [0.15, 0.2) is 0 Å². The van der Waals surface area contributed by atoms with Crippen LogP contribution < -0.4 is 10.1 Å². The minimum Gasteiger partial charge on any atom is -0.406 e. The first-order valence-corrected chi connectivity index (χ1v) is 6.05. The Bertz CT molecular complexity index is 580. The lowest BCUT2D eigenvalue weighted by Crippen LogP contribution is -2.25. The Hall–Kier alpha value is -2.51. The maximum absolute atomic E-state index is 12.0. The number of H-pyrrole nitrogens is 1. The second-order valence-corrected chi connectivity index (χ2v) is 4.15. The number of alkyl halides is 3. The number of ether oxygens (including phenoxy) is 1. The van der Waals surface area contributed by atoms with Gasteiger partial charge in [-0.25, -0.2) is 4.98 Å². The lowest BCUT2D eigenvalue weighted by molar-refractivity contribution is -0.274. The van der Waals surface area contributed by atoms with Gasteiger partial charge in [-0.1, -0.05) is 0 Å². The number of nitrogens with one attached hydrogen (secondary N) is 2. The molecule has 1 amide bonds. The van der Waals surface area contributed by atoms with Crippen molar-refractivity contribution >= 4 is 5.91 Å². The van der Waals surface area contributed by atoms with Crippen LogP contribution in [0.2, 0.25) is 0 Å². The van der Waals surface area contributed by atoms with Crippen molar-refractivity contribution < 1.29 is 22.7 Å². The van der Waals surface area contributed by atoms with Gasteiger partial charge in [0.25, 0.3) is 5.91 Å². The quantitative estimate of drug-likeness (QED) is 0.890. The Morgan fingerprint density at radius 2 is 2.00 bits per heavy atom.